The minimum atomic E-state index is -0.205. The van der Waals surface area contributed by atoms with Gasteiger partial charge in [0.1, 0.15) is 17.4 Å². The number of likely N-dealkylation sites (tertiary alicyclic amines) is 2. The van der Waals surface area contributed by atoms with Crippen LogP contribution in [0.5, 0.6) is 5.75 Å². The zero-order valence-electron chi connectivity index (χ0n) is 15.4. The molecule has 3 aliphatic rings. The van der Waals surface area contributed by atoms with Crippen molar-refractivity contribution in [3.8, 4) is 5.75 Å². The average molecular weight is 342 g/mol. The number of amides is 1. The Hall–Kier alpha value is -1.55. The standard InChI is InChI=1S/C21H30N2O2/c1-17-7-9-18(10-8-17)25-19-15-22(16-19)20(24)21(11-3-2-4-12-21)23-13-5-6-14-23/h7-10,19H,2-6,11-16H2,1H3. The monoisotopic (exact) mass is 342 g/mol. The Morgan fingerprint density at radius 2 is 1.64 bits per heavy atom. The second-order valence-electron chi connectivity index (χ2n) is 8.05. The maximum absolute atomic E-state index is 13.4. The Kier molecular flexibility index (Phi) is 4.72. The van der Waals surface area contributed by atoms with Crippen molar-refractivity contribution in [1.29, 1.82) is 0 Å². The van der Waals surface area contributed by atoms with Gasteiger partial charge in [-0.25, -0.2) is 0 Å². The zero-order valence-corrected chi connectivity index (χ0v) is 15.4. The lowest BCUT2D eigenvalue weighted by Crippen LogP contribution is -2.66. The molecule has 1 aromatic rings. The van der Waals surface area contributed by atoms with Crippen LogP contribution < -0.4 is 4.74 Å². The van der Waals surface area contributed by atoms with E-state index in [1.165, 1.54) is 37.7 Å². The van der Waals surface area contributed by atoms with Gasteiger partial charge >= 0.3 is 0 Å². The first-order valence-corrected chi connectivity index (χ1v) is 9.95. The van der Waals surface area contributed by atoms with Gasteiger partial charge in [-0.3, -0.25) is 9.69 Å². The summed E-state index contributed by atoms with van der Waals surface area (Å²) in [5.41, 5.74) is 1.03. The van der Waals surface area contributed by atoms with E-state index in [4.69, 9.17) is 4.74 Å². The molecule has 2 saturated heterocycles. The van der Waals surface area contributed by atoms with E-state index in [0.29, 0.717) is 5.91 Å². The molecule has 25 heavy (non-hydrogen) atoms. The minimum Gasteiger partial charge on any atom is -0.487 e. The van der Waals surface area contributed by atoms with Crippen LogP contribution in [0.2, 0.25) is 0 Å². The van der Waals surface area contributed by atoms with Crippen LogP contribution in [0.3, 0.4) is 0 Å². The number of ether oxygens (including phenoxy) is 1. The van der Waals surface area contributed by atoms with Gasteiger partial charge in [0.05, 0.1) is 13.1 Å². The van der Waals surface area contributed by atoms with Crippen LogP contribution in [0.1, 0.15) is 50.5 Å². The average Bonchev–Trinajstić information content (AvgIpc) is 3.14. The molecule has 3 fully saturated rings. The number of hydrogen-bond donors (Lipinski definition) is 0. The lowest BCUT2D eigenvalue weighted by atomic mass is 9.78. The van der Waals surface area contributed by atoms with Crippen LogP contribution in [0.4, 0.5) is 0 Å². The maximum Gasteiger partial charge on any atom is 0.243 e. The van der Waals surface area contributed by atoms with Crippen LogP contribution in [0.25, 0.3) is 0 Å². The van der Waals surface area contributed by atoms with E-state index in [0.717, 1.165) is 44.8 Å². The largest absolute Gasteiger partial charge is 0.487 e. The van der Waals surface area contributed by atoms with E-state index >= 15 is 0 Å². The molecule has 1 saturated carbocycles. The number of carbonyl (C=O) groups is 1. The molecular weight excluding hydrogens is 312 g/mol. The van der Waals surface area contributed by atoms with Gasteiger partial charge in [-0.1, -0.05) is 37.0 Å². The molecule has 0 bridgehead atoms. The van der Waals surface area contributed by atoms with Crippen molar-refractivity contribution in [2.45, 2.75) is 63.5 Å². The van der Waals surface area contributed by atoms with Crippen LogP contribution in [-0.2, 0) is 4.79 Å². The Labute approximate surface area is 151 Å². The second kappa shape index (κ2) is 6.99. The molecular formula is C21H30N2O2. The first-order chi connectivity index (χ1) is 12.2. The highest BCUT2D eigenvalue weighted by Gasteiger charge is 2.49. The molecule has 0 aromatic heterocycles. The van der Waals surface area contributed by atoms with Crippen molar-refractivity contribution in [1.82, 2.24) is 9.80 Å². The molecule has 4 heteroatoms. The highest BCUT2D eigenvalue weighted by Crippen LogP contribution is 2.38. The number of benzene rings is 1. The Balaban J connectivity index is 1.38. The Morgan fingerprint density at radius 3 is 2.28 bits per heavy atom. The maximum atomic E-state index is 13.4. The molecule has 0 N–H and O–H groups in total. The predicted octanol–water partition coefficient (Wildman–Crippen LogP) is 3.38. The lowest BCUT2D eigenvalue weighted by Gasteiger charge is -2.49. The summed E-state index contributed by atoms with van der Waals surface area (Å²) in [6, 6.07) is 8.18. The van der Waals surface area contributed by atoms with E-state index < -0.39 is 0 Å². The van der Waals surface area contributed by atoms with Gasteiger partial charge in [0, 0.05) is 0 Å². The quantitative estimate of drug-likeness (QED) is 0.841. The number of aryl methyl sites for hydroxylation is 1. The molecule has 4 rings (SSSR count). The molecule has 0 spiro atoms. The molecule has 0 atom stereocenters. The van der Waals surface area contributed by atoms with Gasteiger partial charge in [-0.05, 0) is 57.8 Å². The third-order valence-electron chi connectivity index (χ3n) is 6.25. The number of rotatable bonds is 4. The Morgan fingerprint density at radius 1 is 1.00 bits per heavy atom. The molecule has 1 aliphatic carbocycles. The molecule has 0 radical (unpaired) electrons. The fraction of sp³-hybridized carbons (Fsp3) is 0.667. The third kappa shape index (κ3) is 3.29. The van der Waals surface area contributed by atoms with Crippen LogP contribution >= 0.6 is 0 Å². The van der Waals surface area contributed by atoms with Gasteiger partial charge in [-0.2, -0.15) is 0 Å². The number of hydrogen-bond acceptors (Lipinski definition) is 3. The van der Waals surface area contributed by atoms with Crippen LogP contribution in [-0.4, -0.2) is 53.5 Å². The summed E-state index contributed by atoms with van der Waals surface area (Å²) in [5, 5.41) is 0. The van der Waals surface area contributed by atoms with Crippen molar-refractivity contribution in [2.24, 2.45) is 0 Å². The summed E-state index contributed by atoms with van der Waals surface area (Å²) >= 11 is 0. The molecule has 1 amide bonds. The van der Waals surface area contributed by atoms with Gasteiger partial charge in [0.25, 0.3) is 0 Å². The number of carbonyl (C=O) groups excluding carboxylic acids is 1. The normalized spacial score (nSPS) is 24.1. The summed E-state index contributed by atoms with van der Waals surface area (Å²) < 4.78 is 6.02. The SMILES string of the molecule is Cc1ccc(OC2CN(C(=O)C3(N4CCCC4)CCCCC3)C2)cc1. The van der Waals surface area contributed by atoms with Gasteiger partial charge in [-0.15, -0.1) is 0 Å². The van der Waals surface area contributed by atoms with E-state index in [1.807, 2.05) is 17.0 Å². The minimum absolute atomic E-state index is 0.144. The summed E-state index contributed by atoms with van der Waals surface area (Å²) in [6.07, 6.45) is 8.40. The fourth-order valence-corrected chi connectivity index (χ4v) is 4.73. The van der Waals surface area contributed by atoms with Crippen molar-refractivity contribution < 1.29 is 9.53 Å². The highest BCUT2D eigenvalue weighted by molar-refractivity contribution is 5.87. The molecule has 4 nitrogen and oxygen atoms in total. The summed E-state index contributed by atoms with van der Waals surface area (Å²) in [5.74, 6) is 1.28. The summed E-state index contributed by atoms with van der Waals surface area (Å²) in [4.78, 5) is 17.9. The second-order valence-corrected chi connectivity index (χ2v) is 8.05. The summed E-state index contributed by atoms with van der Waals surface area (Å²) in [7, 11) is 0. The van der Waals surface area contributed by atoms with Crippen molar-refractivity contribution >= 4 is 5.91 Å². The lowest BCUT2D eigenvalue weighted by molar-refractivity contribution is -0.155. The van der Waals surface area contributed by atoms with Crippen molar-refractivity contribution in [2.75, 3.05) is 26.2 Å². The van der Waals surface area contributed by atoms with Gasteiger partial charge < -0.3 is 9.64 Å². The topological polar surface area (TPSA) is 32.8 Å². The zero-order chi connectivity index (χ0) is 17.3. The smallest absolute Gasteiger partial charge is 0.243 e. The van der Waals surface area contributed by atoms with Gasteiger partial charge in [0.2, 0.25) is 5.91 Å². The van der Waals surface area contributed by atoms with Crippen molar-refractivity contribution in [3.05, 3.63) is 29.8 Å². The van der Waals surface area contributed by atoms with Crippen molar-refractivity contribution in [3.63, 3.8) is 0 Å². The first-order valence-electron chi connectivity index (χ1n) is 9.95. The van der Waals surface area contributed by atoms with Crippen LogP contribution in [0, 0.1) is 6.92 Å². The Bertz CT molecular complexity index is 595. The first kappa shape index (κ1) is 16.9. The van der Waals surface area contributed by atoms with E-state index in [9.17, 15) is 4.79 Å². The number of nitrogens with zero attached hydrogens (tertiary/aromatic N) is 2. The molecule has 2 heterocycles. The molecule has 136 valence electrons. The van der Waals surface area contributed by atoms with E-state index in [1.54, 1.807) is 0 Å². The van der Waals surface area contributed by atoms with Gasteiger partial charge in [0.15, 0.2) is 0 Å². The van der Waals surface area contributed by atoms with E-state index in [2.05, 4.69) is 24.0 Å². The third-order valence-corrected chi connectivity index (χ3v) is 6.25. The molecule has 1 aromatic carbocycles. The summed E-state index contributed by atoms with van der Waals surface area (Å²) in [6.45, 7) is 5.76. The molecule has 2 aliphatic heterocycles. The molecule has 0 unspecified atom stereocenters. The predicted molar refractivity (Wildman–Crippen MR) is 98.8 cm³/mol. The van der Waals surface area contributed by atoms with E-state index in [-0.39, 0.29) is 11.6 Å². The fourth-order valence-electron chi connectivity index (χ4n) is 4.73. The van der Waals surface area contributed by atoms with Crippen LogP contribution in [0.15, 0.2) is 24.3 Å². The highest BCUT2D eigenvalue weighted by atomic mass is 16.5.